The van der Waals surface area contributed by atoms with Gasteiger partial charge < -0.3 is 10.5 Å². The van der Waals surface area contributed by atoms with Gasteiger partial charge in [-0.1, -0.05) is 0 Å². The molecule has 1 aromatic rings. The Morgan fingerprint density at radius 3 is 2.78 bits per heavy atom. The van der Waals surface area contributed by atoms with Gasteiger partial charge in [0.1, 0.15) is 0 Å². The fourth-order valence-corrected chi connectivity index (χ4v) is 2.62. The number of nitrogens with zero attached hydrogens (tertiary/aromatic N) is 2. The molecular weight excluding hydrogens is 230 g/mol. The summed E-state index contributed by atoms with van der Waals surface area (Å²) < 4.78 is 6.94. The highest BCUT2D eigenvalue weighted by molar-refractivity contribution is 5.69. The molecule has 5 nitrogen and oxygen atoms in total. The Morgan fingerprint density at radius 2 is 2.22 bits per heavy atom. The van der Waals surface area contributed by atoms with Gasteiger partial charge in [-0.3, -0.25) is 9.48 Å². The maximum Gasteiger partial charge on any atom is 0.306 e. The van der Waals surface area contributed by atoms with E-state index in [0.29, 0.717) is 30.7 Å². The van der Waals surface area contributed by atoms with E-state index in [-0.39, 0.29) is 5.97 Å². The minimum absolute atomic E-state index is 0.0655. The molecule has 0 amide bonds. The number of ether oxygens (including phenoxy) is 1. The fraction of sp³-hybridized carbons (Fsp3) is 0.692. The molecule has 0 atom stereocenters. The smallest absolute Gasteiger partial charge is 0.306 e. The lowest BCUT2D eigenvalue weighted by atomic mass is 9.84. The topological polar surface area (TPSA) is 70.1 Å². The highest BCUT2D eigenvalue weighted by atomic mass is 16.5. The molecule has 5 heteroatoms. The van der Waals surface area contributed by atoms with E-state index in [0.717, 1.165) is 25.7 Å². The van der Waals surface area contributed by atoms with Crippen LogP contribution in [0.1, 0.15) is 45.1 Å². The molecule has 0 aromatic carbocycles. The van der Waals surface area contributed by atoms with Crippen molar-refractivity contribution in [3.05, 3.63) is 12.4 Å². The monoisotopic (exact) mass is 251 g/mol. The van der Waals surface area contributed by atoms with Crippen LogP contribution in [0.25, 0.3) is 0 Å². The van der Waals surface area contributed by atoms with E-state index >= 15 is 0 Å². The van der Waals surface area contributed by atoms with Crippen LogP contribution in [0.15, 0.2) is 12.4 Å². The summed E-state index contributed by atoms with van der Waals surface area (Å²) in [4.78, 5) is 11.4. The van der Waals surface area contributed by atoms with E-state index in [2.05, 4.69) is 5.10 Å². The van der Waals surface area contributed by atoms with E-state index < -0.39 is 0 Å². The summed E-state index contributed by atoms with van der Waals surface area (Å²) in [6.45, 7) is 2.32. The third kappa shape index (κ3) is 3.24. The Labute approximate surface area is 107 Å². The maximum atomic E-state index is 11.4. The lowest BCUT2D eigenvalue weighted by molar-refractivity contribution is -0.144. The van der Waals surface area contributed by atoms with E-state index in [4.69, 9.17) is 10.5 Å². The number of hydrogen-bond donors (Lipinski definition) is 1. The van der Waals surface area contributed by atoms with Crippen LogP contribution < -0.4 is 5.73 Å². The maximum absolute atomic E-state index is 11.4. The first-order valence-corrected chi connectivity index (χ1v) is 6.64. The number of nitrogen functional groups attached to an aromatic ring is 1. The van der Waals surface area contributed by atoms with Crippen molar-refractivity contribution in [1.82, 2.24) is 9.78 Å². The quantitative estimate of drug-likeness (QED) is 0.832. The van der Waals surface area contributed by atoms with E-state index in [1.165, 1.54) is 0 Å². The van der Waals surface area contributed by atoms with Gasteiger partial charge in [0, 0.05) is 12.6 Å². The molecule has 0 radical (unpaired) electrons. The number of rotatable bonds is 4. The lowest BCUT2D eigenvalue weighted by Crippen LogP contribution is -2.21. The molecular formula is C13H21N3O2. The molecule has 0 spiro atoms. The molecule has 1 saturated carbocycles. The van der Waals surface area contributed by atoms with Crippen LogP contribution in [0.2, 0.25) is 0 Å². The second-order valence-corrected chi connectivity index (χ2v) is 4.94. The Hall–Kier alpha value is -1.52. The molecule has 1 aliphatic carbocycles. The van der Waals surface area contributed by atoms with E-state index in [1.807, 2.05) is 17.8 Å². The van der Waals surface area contributed by atoms with Crippen LogP contribution >= 0.6 is 0 Å². The van der Waals surface area contributed by atoms with Crippen molar-refractivity contribution in [1.29, 1.82) is 0 Å². The van der Waals surface area contributed by atoms with Crippen LogP contribution in [-0.2, 0) is 9.53 Å². The average Bonchev–Trinajstić information content (AvgIpc) is 2.77. The van der Waals surface area contributed by atoms with Crippen molar-refractivity contribution in [3.8, 4) is 0 Å². The van der Waals surface area contributed by atoms with Gasteiger partial charge >= 0.3 is 5.97 Å². The lowest BCUT2D eigenvalue weighted by Gasteiger charge is -2.28. The number of aromatic nitrogens is 2. The van der Waals surface area contributed by atoms with Gasteiger partial charge in [-0.2, -0.15) is 5.10 Å². The first-order chi connectivity index (χ1) is 8.69. The average molecular weight is 251 g/mol. The van der Waals surface area contributed by atoms with Crippen LogP contribution in [0, 0.1) is 5.92 Å². The van der Waals surface area contributed by atoms with E-state index in [1.54, 1.807) is 6.20 Å². The molecule has 2 rings (SSSR count). The zero-order valence-electron chi connectivity index (χ0n) is 10.8. The van der Waals surface area contributed by atoms with Gasteiger partial charge in [0.15, 0.2) is 0 Å². The van der Waals surface area contributed by atoms with Crippen molar-refractivity contribution in [2.75, 3.05) is 12.3 Å². The Kier molecular flexibility index (Phi) is 4.23. The third-order valence-corrected chi connectivity index (χ3v) is 3.57. The van der Waals surface area contributed by atoms with Gasteiger partial charge in [-0.25, -0.2) is 0 Å². The van der Waals surface area contributed by atoms with Crippen LogP contribution in [0.5, 0.6) is 0 Å². The second kappa shape index (κ2) is 5.89. The summed E-state index contributed by atoms with van der Waals surface area (Å²) in [5, 5.41) is 4.25. The summed E-state index contributed by atoms with van der Waals surface area (Å²) in [6, 6.07) is 0.431. The minimum atomic E-state index is -0.0655. The molecule has 0 saturated heterocycles. The molecule has 1 aromatic heterocycles. The molecule has 1 fully saturated rings. The highest BCUT2D eigenvalue weighted by Crippen LogP contribution is 2.33. The molecule has 18 heavy (non-hydrogen) atoms. The SMILES string of the molecule is CCOC(=O)CC1CCC(n2cc(N)cn2)CC1. The van der Waals surface area contributed by atoms with Crippen LogP contribution in [0.3, 0.4) is 0 Å². The van der Waals surface area contributed by atoms with Gasteiger partial charge in [0.2, 0.25) is 0 Å². The number of nitrogens with two attached hydrogens (primary N) is 1. The second-order valence-electron chi connectivity index (χ2n) is 4.94. The number of anilines is 1. The normalized spacial score (nSPS) is 23.8. The Morgan fingerprint density at radius 1 is 1.50 bits per heavy atom. The van der Waals surface area contributed by atoms with Crippen LogP contribution in [0.4, 0.5) is 5.69 Å². The highest BCUT2D eigenvalue weighted by Gasteiger charge is 2.24. The Bertz CT molecular complexity index is 395. The summed E-state index contributed by atoms with van der Waals surface area (Å²) in [6.07, 6.45) is 8.37. The summed E-state index contributed by atoms with van der Waals surface area (Å²) in [7, 11) is 0. The number of carbonyl (C=O) groups is 1. The Balaban J connectivity index is 1.79. The summed E-state index contributed by atoms with van der Waals surface area (Å²) in [5.74, 6) is 0.400. The fourth-order valence-electron chi connectivity index (χ4n) is 2.62. The predicted molar refractivity (Wildman–Crippen MR) is 68.9 cm³/mol. The van der Waals surface area contributed by atoms with Gasteiger partial charge in [-0.05, 0) is 38.5 Å². The summed E-state index contributed by atoms with van der Waals surface area (Å²) in [5.41, 5.74) is 6.38. The van der Waals surface area contributed by atoms with Crippen molar-refractivity contribution in [2.45, 2.75) is 45.1 Å². The zero-order chi connectivity index (χ0) is 13.0. The number of esters is 1. The first-order valence-electron chi connectivity index (χ1n) is 6.64. The molecule has 0 unspecified atom stereocenters. The minimum Gasteiger partial charge on any atom is -0.466 e. The summed E-state index contributed by atoms with van der Waals surface area (Å²) >= 11 is 0. The largest absolute Gasteiger partial charge is 0.466 e. The molecule has 2 N–H and O–H groups in total. The molecule has 1 aliphatic rings. The van der Waals surface area contributed by atoms with E-state index in [9.17, 15) is 4.79 Å². The first kappa shape index (κ1) is 12.9. The zero-order valence-corrected chi connectivity index (χ0v) is 10.8. The van der Waals surface area contributed by atoms with Crippen molar-refractivity contribution >= 4 is 11.7 Å². The predicted octanol–water partition coefficient (Wildman–Crippen LogP) is 2.15. The third-order valence-electron chi connectivity index (χ3n) is 3.57. The van der Waals surface area contributed by atoms with Gasteiger partial charge in [-0.15, -0.1) is 0 Å². The number of hydrogen-bond acceptors (Lipinski definition) is 4. The van der Waals surface area contributed by atoms with Crippen molar-refractivity contribution < 1.29 is 9.53 Å². The molecule has 100 valence electrons. The number of carbonyl (C=O) groups excluding carboxylic acids is 1. The standard InChI is InChI=1S/C13H21N3O2/c1-2-18-13(17)7-10-3-5-12(6-4-10)16-9-11(14)8-15-16/h8-10,12H,2-7,14H2,1H3. The van der Waals surface area contributed by atoms with Crippen molar-refractivity contribution in [2.24, 2.45) is 5.92 Å². The van der Waals surface area contributed by atoms with Gasteiger partial charge in [0.25, 0.3) is 0 Å². The molecule has 1 heterocycles. The molecule has 0 aliphatic heterocycles. The van der Waals surface area contributed by atoms with Crippen molar-refractivity contribution in [3.63, 3.8) is 0 Å². The van der Waals surface area contributed by atoms with Gasteiger partial charge in [0.05, 0.1) is 24.5 Å². The van der Waals surface area contributed by atoms with Crippen LogP contribution in [-0.4, -0.2) is 22.4 Å². The molecule has 0 bridgehead atoms.